The van der Waals surface area contributed by atoms with Gasteiger partial charge in [-0.3, -0.25) is 0 Å². The van der Waals surface area contributed by atoms with Crippen LogP contribution >= 0.6 is 0 Å². The van der Waals surface area contributed by atoms with Gasteiger partial charge >= 0.3 is 0 Å². The molecule has 4 heteroatoms. The normalized spacial score (nSPS) is 16.7. The van der Waals surface area contributed by atoms with Crippen molar-refractivity contribution in [2.75, 3.05) is 18.0 Å². The van der Waals surface area contributed by atoms with Gasteiger partial charge in [0, 0.05) is 19.3 Å². The van der Waals surface area contributed by atoms with E-state index >= 15 is 0 Å². The van der Waals surface area contributed by atoms with Crippen LogP contribution in [0.4, 0.5) is 11.5 Å². The number of anilines is 1. The van der Waals surface area contributed by atoms with Crippen LogP contribution in [0.2, 0.25) is 0 Å². The van der Waals surface area contributed by atoms with E-state index in [0.717, 1.165) is 18.9 Å². The first-order chi connectivity index (χ1) is 6.92. The van der Waals surface area contributed by atoms with Crippen LogP contribution in [0.5, 0.6) is 0 Å². The molecule has 4 nitrogen and oxygen atoms in total. The zero-order valence-corrected chi connectivity index (χ0v) is 8.02. The number of hydrogen-bond acceptors (Lipinski definition) is 4. The van der Waals surface area contributed by atoms with Gasteiger partial charge in [0.1, 0.15) is 5.69 Å². The summed E-state index contributed by atoms with van der Waals surface area (Å²) in [5.41, 5.74) is 0.453. The molecule has 1 aliphatic rings. The fraction of sp³-hybridized carbons (Fsp3) is 0.500. The molecule has 14 heavy (non-hydrogen) atoms. The molecule has 0 radical (unpaired) electrons. The van der Waals surface area contributed by atoms with E-state index in [0.29, 0.717) is 5.69 Å². The molecule has 74 valence electrons. The Kier molecular flexibility index (Phi) is 2.72. The van der Waals surface area contributed by atoms with Crippen LogP contribution in [0.3, 0.4) is 0 Å². The van der Waals surface area contributed by atoms with E-state index in [-0.39, 0.29) is 0 Å². The fourth-order valence-electron chi connectivity index (χ4n) is 1.81. The summed E-state index contributed by atoms with van der Waals surface area (Å²) < 4.78 is 0. The highest BCUT2D eigenvalue weighted by Gasteiger charge is 2.15. The first-order valence-corrected chi connectivity index (χ1v) is 4.95. The van der Waals surface area contributed by atoms with E-state index in [2.05, 4.69) is 15.1 Å². The summed E-state index contributed by atoms with van der Waals surface area (Å²) in [5.74, 6) is 0.738. The van der Waals surface area contributed by atoms with E-state index in [1.165, 1.54) is 19.3 Å². The number of pyridine rings is 1. The second-order valence-corrected chi connectivity index (χ2v) is 3.49. The van der Waals surface area contributed by atoms with Gasteiger partial charge < -0.3 is 4.90 Å². The molecule has 1 aromatic rings. The van der Waals surface area contributed by atoms with Crippen molar-refractivity contribution < 1.29 is 0 Å². The van der Waals surface area contributed by atoms with Gasteiger partial charge in [-0.2, -0.15) is 0 Å². The molecule has 0 spiro atoms. The standard InChI is InChI=1S/C10H13N3O/c14-12-9-5-4-6-11-10(9)13-7-2-1-3-8-13/h4-6H,1-3,7-8H2. The van der Waals surface area contributed by atoms with Crippen molar-refractivity contribution in [1.82, 2.24) is 4.98 Å². The molecule has 1 saturated heterocycles. The summed E-state index contributed by atoms with van der Waals surface area (Å²) in [7, 11) is 0. The van der Waals surface area contributed by atoms with Crippen LogP contribution < -0.4 is 4.90 Å². The first kappa shape index (κ1) is 9.12. The van der Waals surface area contributed by atoms with Crippen LogP contribution in [-0.4, -0.2) is 18.1 Å². The molecule has 0 N–H and O–H groups in total. The van der Waals surface area contributed by atoms with Crippen LogP contribution in [0.1, 0.15) is 19.3 Å². The van der Waals surface area contributed by atoms with Crippen molar-refractivity contribution >= 4 is 11.5 Å². The number of nitrogens with zero attached hydrogens (tertiary/aromatic N) is 3. The third kappa shape index (κ3) is 1.73. The quantitative estimate of drug-likeness (QED) is 0.674. The van der Waals surface area contributed by atoms with Gasteiger partial charge in [-0.05, 0) is 36.6 Å². The summed E-state index contributed by atoms with van der Waals surface area (Å²) in [4.78, 5) is 16.9. The van der Waals surface area contributed by atoms with Gasteiger partial charge in [-0.15, -0.1) is 4.91 Å². The molecule has 2 rings (SSSR count). The van der Waals surface area contributed by atoms with E-state index in [1.807, 2.05) is 0 Å². The summed E-state index contributed by atoms with van der Waals surface area (Å²) in [6, 6.07) is 3.45. The molecule has 0 amide bonds. The van der Waals surface area contributed by atoms with E-state index in [1.54, 1.807) is 18.3 Å². The first-order valence-electron chi connectivity index (χ1n) is 4.95. The molecule has 0 bridgehead atoms. The van der Waals surface area contributed by atoms with E-state index < -0.39 is 0 Å². The van der Waals surface area contributed by atoms with Crippen molar-refractivity contribution in [1.29, 1.82) is 0 Å². The van der Waals surface area contributed by atoms with Gasteiger partial charge in [-0.25, -0.2) is 4.98 Å². The Balaban J connectivity index is 2.24. The van der Waals surface area contributed by atoms with Gasteiger partial charge in [0.15, 0.2) is 5.82 Å². The third-order valence-electron chi connectivity index (χ3n) is 2.52. The molecule has 1 fully saturated rings. The van der Waals surface area contributed by atoms with Crippen LogP contribution in [0, 0.1) is 4.91 Å². The van der Waals surface area contributed by atoms with Gasteiger partial charge in [0.2, 0.25) is 0 Å². The minimum Gasteiger partial charge on any atom is -0.355 e. The fourth-order valence-corrected chi connectivity index (χ4v) is 1.81. The molecular weight excluding hydrogens is 178 g/mol. The minimum atomic E-state index is 0.453. The molecular formula is C10H13N3O. The Hall–Kier alpha value is -1.45. The lowest BCUT2D eigenvalue weighted by atomic mass is 10.1. The topological polar surface area (TPSA) is 45.6 Å². The lowest BCUT2D eigenvalue weighted by Gasteiger charge is -2.27. The Morgan fingerprint density at radius 1 is 1.29 bits per heavy atom. The Morgan fingerprint density at radius 2 is 2.07 bits per heavy atom. The summed E-state index contributed by atoms with van der Waals surface area (Å²) in [6.45, 7) is 1.97. The van der Waals surface area contributed by atoms with Crippen molar-refractivity contribution in [3.05, 3.63) is 23.2 Å². The molecule has 1 aliphatic heterocycles. The molecule has 0 atom stereocenters. The second-order valence-electron chi connectivity index (χ2n) is 3.49. The van der Waals surface area contributed by atoms with E-state index in [4.69, 9.17) is 0 Å². The molecule has 0 unspecified atom stereocenters. The highest BCUT2D eigenvalue weighted by molar-refractivity contribution is 5.61. The third-order valence-corrected chi connectivity index (χ3v) is 2.52. The summed E-state index contributed by atoms with van der Waals surface area (Å²) >= 11 is 0. The highest BCUT2D eigenvalue weighted by Crippen LogP contribution is 2.27. The smallest absolute Gasteiger partial charge is 0.158 e. The predicted octanol–water partition coefficient (Wildman–Crippen LogP) is 2.47. The number of piperidine rings is 1. The van der Waals surface area contributed by atoms with E-state index in [9.17, 15) is 4.91 Å². The lowest BCUT2D eigenvalue weighted by molar-refractivity contribution is 0.574. The number of rotatable bonds is 2. The average Bonchev–Trinajstić information content (AvgIpc) is 2.30. The molecule has 0 aliphatic carbocycles. The zero-order chi connectivity index (χ0) is 9.80. The molecule has 0 saturated carbocycles. The lowest BCUT2D eigenvalue weighted by Crippen LogP contribution is -2.30. The largest absolute Gasteiger partial charge is 0.355 e. The SMILES string of the molecule is O=Nc1cccnc1N1CCCCC1. The number of nitroso groups, excluding NO2 is 1. The number of hydrogen-bond donors (Lipinski definition) is 0. The van der Waals surface area contributed by atoms with Crippen LogP contribution in [-0.2, 0) is 0 Å². The van der Waals surface area contributed by atoms with Gasteiger partial charge in [0.05, 0.1) is 0 Å². The molecule has 2 heterocycles. The maximum absolute atomic E-state index is 10.6. The van der Waals surface area contributed by atoms with Gasteiger partial charge in [0.25, 0.3) is 0 Å². The van der Waals surface area contributed by atoms with Crippen LogP contribution in [0.25, 0.3) is 0 Å². The maximum atomic E-state index is 10.6. The van der Waals surface area contributed by atoms with Crippen molar-refractivity contribution in [2.45, 2.75) is 19.3 Å². The predicted molar refractivity (Wildman–Crippen MR) is 55.8 cm³/mol. The average molecular weight is 191 g/mol. The maximum Gasteiger partial charge on any atom is 0.158 e. The summed E-state index contributed by atoms with van der Waals surface area (Å²) in [5, 5.41) is 2.99. The minimum absolute atomic E-state index is 0.453. The van der Waals surface area contributed by atoms with Crippen LogP contribution in [0.15, 0.2) is 23.5 Å². The van der Waals surface area contributed by atoms with Gasteiger partial charge in [-0.1, -0.05) is 0 Å². The molecule has 0 aromatic carbocycles. The Bertz CT molecular complexity index is 321. The van der Waals surface area contributed by atoms with Crippen molar-refractivity contribution in [2.24, 2.45) is 5.18 Å². The van der Waals surface area contributed by atoms with Crippen molar-refractivity contribution in [3.63, 3.8) is 0 Å². The number of aromatic nitrogens is 1. The molecule has 1 aromatic heterocycles. The summed E-state index contributed by atoms with van der Waals surface area (Å²) in [6.07, 6.45) is 5.33. The Labute approximate surface area is 82.9 Å². The Morgan fingerprint density at radius 3 is 2.79 bits per heavy atom. The second kappa shape index (κ2) is 4.17. The van der Waals surface area contributed by atoms with Crippen molar-refractivity contribution in [3.8, 4) is 0 Å². The zero-order valence-electron chi connectivity index (χ0n) is 8.02. The highest BCUT2D eigenvalue weighted by atomic mass is 16.3. The monoisotopic (exact) mass is 191 g/mol.